The first-order chi connectivity index (χ1) is 7.07. The number of rotatable bonds is 5. The number of hydrogen-bond acceptors (Lipinski definition) is 3. The van der Waals surface area contributed by atoms with E-state index in [1.807, 2.05) is 38.1 Å². The summed E-state index contributed by atoms with van der Waals surface area (Å²) >= 11 is 1.64. The highest BCUT2D eigenvalue weighted by molar-refractivity contribution is 7.99. The Morgan fingerprint density at radius 2 is 1.87 bits per heavy atom. The van der Waals surface area contributed by atoms with Crippen molar-refractivity contribution in [3.8, 4) is 0 Å². The van der Waals surface area contributed by atoms with E-state index < -0.39 is 5.60 Å². The van der Waals surface area contributed by atoms with Crippen LogP contribution >= 0.6 is 11.8 Å². The van der Waals surface area contributed by atoms with Crippen LogP contribution in [0.2, 0.25) is 0 Å². The second-order valence-electron chi connectivity index (χ2n) is 3.94. The van der Waals surface area contributed by atoms with Gasteiger partial charge in [-0.15, -0.1) is 11.8 Å². The van der Waals surface area contributed by atoms with Gasteiger partial charge in [0.05, 0.1) is 12.2 Å². The quantitative estimate of drug-likeness (QED) is 0.758. The lowest BCUT2D eigenvalue weighted by Crippen LogP contribution is -2.25. The molecule has 1 aromatic carbocycles. The van der Waals surface area contributed by atoms with Crippen molar-refractivity contribution in [3.63, 3.8) is 0 Å². The Hall–Kier alpha value is -0.510. The lowest BCUT2D eigenvalue weighted by molar-refractivity contribution is 0.0816. The number of hydrogen-bond donors (Lipinski definition) is 2. The first kappa shape index (κ1) is 12.6. The second-order valence-corrected chi connectivity index (χ2v) is 4.99. The third kappa shape index (κ3) is 4.24. The Bertz CT molecular complexity index is 293. The van der Waals surface area contributed by atoms with Crippen LogP contribution in [0.5, 0.6) is 0 Å². The second kappa shape index (κ2) is 5.54. The molecule has 1 unspecified atom stereocenters. The Balaban J connectivity index is 2.51. The zero-order valence-electron chi connectivity index (χ0n) is 9.23. The highest BCUT2D eigenvalue weighted by Gasteiger charge is 2.17. The molecule has 15 heavy (non-hydrogen) atoms. The van der Waals surface area contributed by atoms with Crippen molar-refractivity contribution in [2.75, 3.05) is 5.75 Å². The van der Waals surface area contributed by atoms with Crippen LogP contribution in [0, 0.1) is 0 Å². The van der Waals surface area contributed by atoms with Crippen LogP contribution in [-0.4, -0.2) is 21.6 Å². The van der Waals surface area contributed by atoms with Crippen LogP contribution in [-0.2, 0) is 6.61 Å². The summed E-state index contributed by atoms with van der Waals surface area (Å²) in [5, 5.41) is 18.7. The molecule has 0 bridgehead atoms. The zero-order valence-corrected chi connectivity index (χ0v) is 10.0. The summed E-state index contributed by atoms with van der Waals surface area (Å²) in [7, 11) is 0. The van der Waals surface area contributed by atoms with Gasteiger partial charge in [-0.1, -0.05) is 19.1 Å². The summed E-state index contributed by atoms with van der Waals surface area (Å²) in [6, 6.07) is 7.76. The van der Waals surface area contributed by atoms with Gasteiger partial charge in [0.1, 0.15) is 0 Å². The average Bonchev–Trinajstić information content (AvgIpc) is 2.27. The van der Waals surface area contributed by atoms with Crippen molar-refractivity contribution in [1.82, 2.24) is 0 Å². The lowest BCUT2D eigenvalue weighted by atomic mass is 10.1. The van der Waals surface area contributed by atoms with Crippen LogP contribution < -0.4 is 0 Å². The Labute approximate surface area is 95.3 Å². The lowest BCUT2D eigenvalue weighted by Gasteiger charge is -2.20. The van der Waals surface area contributed by atoms with Crippen LogP contribution in [0.4, 0.5) is 0 Å². The largest absolute Gasteiger partial charge is 0.392 e. The third-order valence-corrected chi connectivity index (χ3v) is 3.79. The fourth-order valence-electron chi connectivity index (χ4n) is 1.03. The van der Waals surface area contributed by atoms with E-state index in [1.165, 1.54) is 0 Å². The van der Waals surface area contributed by atoms with Gasteiger partial charge < -0.3 is 10.2 Å². The molecule has 84 valence electrons. The van der Waals surface area contributed by atoms with Gasteiger partial charge in [0, 0.05) is 10.6 Å². The van der Waals surface area contributed by atoms with Gasteiger partial charge >= 0.3 is 0 Å². The van der Waals surface area contributed by atoms with E-state index in [-0.39, 0.29) is 6.61 Å². The summed E-state index contributed by atoms with van der Waals surface area (Å²) in [5.41, 5.74) is 0.321. The van der Waals surface area contributed by atoms with Gasteiger partial charge in [-0.3, -0.25) is 0 Å². The monoisotopic (exact) mass is 226 g/mol. The van der Waals surface area contributed by atoms with Crippen molar-refractivity contribution in [3.05, 3.63) is 29.8 Å². The Morgan fingerprint density at radius 1 is 1.27 bits per heavy atom. The minimum absolute atomic E-state index is 0.0810. The number of aliphatic hydroxyl groups excluding tert-OH is 1. The summed E-state index contributed by atoms with van der Waals surface area (Å²) in [5.74, 6) is 0.696. The van der Waals surface area contributed by atoms with Crippen LogP contribution in [0.3, 0.4) is 0 Å². The molecule has 0 aliphatic rings. The van der Waals surface area contributed by atoms with Crippen molar-refractivity contribution < 1.29 is 10.2 Å². The van der Waals surface area contributed by atoms with Gasteiger partial charge in [0.25, 0.3) is 0 Å². The van der Waals surface area contributed by atoms with Crippen molar-refractivity contribution in [1.29, 1.82) is 0 Å². The molecule has 0 fully saturated rings. The molecular weight excluding hydrogens is 208 g/mol. The summed E-state index contributed by atoms with van der Waals surface area (Å²) < 4.78 is 0. The van der Waals surface area contributed by atoms with E-state index in [4.69, 9.17) is 5.11 Å². The molecule has 3 heteroatoms. The maximum atomic E-state index is 9.82. The summed E-state index contributed by atoms with van der Waals surface area (Å²) in [4.78, 5) is 1.13. The number of benzene rings is 1. The van der Waals surface area contributed by atoms with Crippen LogP contribution in [0.25, 0.3) is 0 Å². The van der Waals surface area contributed by atoms with E-state index in [2.05, 4.69) is 0 Å². The predicted octanol–water partition coefficient (Wildman–Crippen LogP) is 2.43. The molecular formula is C12H18O2S. The fourth-order valence-corrected chi connectivity index (χ4v) is 2.04. The van der Waals surface area contributed by atoms with E-state index >= 15 is 0 Å². The molecule has 2 N–H and O–H groups in total. The molecule has 1 atom stereocenters. The van der Waals surface area contributed by atoms with Crippen LogP contribution in [0.1, 0.15) is 25.8 Å². The molecule has 0 aliphatic heterocycles. The first-order valence-electron chi connectivity index (χ1n) is 5.12. The molecule has 0 aromatic heterocycles. The zero-order chi connectivity index (χ0) is 11.3. The molecule has 0 heterocycles. The molecule has 0 radical (unpaired) electrons. The highest BCUT2D eigenvalue weighted by atomic mass is 32.2. The average molecular weight is 226 g/mol. The van der Waals surface area contributed by atoms with E-state index in [1.54, 1.807) is 11.8 Å². The first-order valence-corrected chi connectivity index (χ1v) is 6.11. The van der Waals surface area contributed by atoms with Crippen molar-refractivity contribution in [2.45, 2.75) is 37.4 Å². The smallest absolute Gasteiger partial charge is 0.0710 e. The highest BCUT2D eigenvalue weighted by Crippen LogP contribution is 2.24. The van der Waals surface area contributed by atoms with Crippen molar-refractivity contribution in [2.24, 2.45) is 0 Å². The van der Waals surface area contributed by atoms with Crippen molar-refractivity contribution >= 4 is 11.8 Å². The molecule has 0 spiro atoms. The minimum atomic E-state index is -0.597. The Kier molecular flexibility index (Phi) is 4.64. The van der Waals surface area contributed by atoms with E-state index in [0.29, 0.717) is 5.75 Å². The van der Waals surface area contributed by atoms with Gasteiger partial charge in [-0.2, -0.15) is 0 Å². The van der Waals surface area contributed by atoms with E-state index in [9.17, 15) is 5.11 Å². The molecule has 0 aliphatic carbocycles. The molecule has 0 saturated carbocycles. The summed E-state index contributed by atoms with van der Waals surface area (Å²) in [6.07, 6.45) is 0.759. The summed E-state index contributed by atoms with van der Waals surface area (Å²) in [6.45, 7) is 3.91. The third-order valence-electron chi connectivity index (χ3n) is 2.42. The minimum Gasteiger partial charge on any atom is -0.392 e. The van der Waals surface area contributed by atoms with Gasteiger partial charge in [0.15, 0.2) is 0 Å². The maximum Gasteiger partial charge on any atom is 0.0710 e. The molecule has 0 saturated heterocycles. The molecule has 1 rings (SSSR count). The predicted molar refractivity (Wildman–Crippen MR) is 64.0 cm³/mol. The standard InChI is InChI=1S/C12H18O2S/c1-3-12(2,14)9-15-11-6-4-10(8-13)5-7-11/h4-7,13-14H,3,8-9H2,1-2H3. The SMILES string of the molecule is CCC(C)(O)CSc1ccc(CO)cc1. The van der Waals surface area contributed by atoms with Crippen LogP contribution in [0.15, 0.2) is 29.2 Å². The van der Waals surface area contributed by atoms with E-state index in [0.717, 1.165) is 16.9 Å². The topological polar surface area (TPSA) is 40.5 Å². The fraction of sp³-hybridized carbons (Fsp3) is 0.500. The molecule has 2 nitrogen and oxygen atoms in total. The normalized spacial score (nSPS) is 14.9. The van der Waals surface area contributed by atoms with Gasteiger partial charge in [0.2, 0.25) is 0 Å². The Morgan fingerprint density at radius 3 is 2.33 bits per heavy atom. The number of aliphatic hydroxyl groups is 2. The molecule has 1 aromatic rings. The maximum absolute atomic E-state index is 9.82. The van der Waals surface area contributed by atoms with Gasteiger partial charge in [-0.25, -0.2) is 0 Å². The number of thioether (sulfide) groups is 1. The van der Waals surface area contributed by atoms with Gasteiger partial charge in [-0.05, 0) is 31.0 Å². The molecule has 0 amide bonds.